The van der Waals surface area contributed by atoms with Gasteiger partial charge in [0.05, 0.1) is 24.8 Å². The molecule has 0 aromatic heterocycles. The number of unbranched alkanes of at least 4 members (excludes halogenated alkanes) is 2. The van der Waals surface area contributed by atoms with Gasteiger partial charge < -0.3 is 9.47 Å². The van der Waals surface area contributed by atoms with Crippen molar-refractivity contribution in [3.63, 3.8) is 0 Å². The third kappa shape index (κ3) is 4.67. The third-order valence-corrected chi connectivity index (χ3v) is 2.58. The summed E-state index contributed by atoms with van der Waals surface area (Å²) in [6.45, 7) is 5.59. The summed E-state index contributed by atoms with van der Waals surface area (Å²) in [5, 5.41) is 8.89. The van der Waals surface area contributed by atoms with E-state index in [0.717, 1.165) is 31.4 Å². The van der Waals surface area contributed by atoms with Crippen LogP contribution >= 0.6 is 0 Å². The number of hydrogen-bond acceptors (Lipinski definition) is 3. The van der Waals surface area contributed by atoms with E-state index in [1.807, 2.05) is 6.07 Å². The predicted octanol–water partition coefficient (Wildman–Crippen LogP) is 3.92. The van der Waals surface area contributed by atoms with Crippen LogP contribution < -0.4 is 9.47 Å². The van der Waals surface area contributed by atoms with Gasteiger partial charge in [-0.05, 0) is 25.0 Å². The molecule has 0 unspecified atom stereocenters. The van der Waals surface area contributed by atoms with Gasteiger partial charge in [-0.3, -0.25) is 0 Å². The van der Waals surface area contributed by atoms with Crippen LogP contribution in [-0.2, 0) is 0 Å². The van der Waals surface area contributed by atoms with Crippen molar-refractivity contribution in [1.29, 1.82) is 5.26 Å². The highest BCUT2D eigenvalue weighted by atomic mass is 16.5. The van der Waals surface area contributed by atoms with Crippen LogP contribution in [0.25, 0.3) is 0 Å². The van der Waals surface area contributed by atoms with Gasteiger partial charge in [-0.15, -0.1) is 0 Å². The van der Waals surface area contributed by atoms with E-state index >= 15 is 0 Å². The maximum atomic E-state index is 8.89. The molecule has 0 heterocycles. The van der Waals surface area contributed by atoms with Crippen LogP contribution in [0.2, 0.25) is 0 Å². The Morgan fingerprint density at radius 1 is 1.00 bits per heavy atom. The molecule has 0 aliphatic heterocycles. The lowest BCUT2D eigenvalue weighted by Gasteiger charge is -2.12. The fourth-order valence-electron chi connectivity index (χ4n) is 1.46. The minimum absolute atomic E-state index is 0.601. The van der Waals surface area contributed by atoms with Gasteiger partial charge in [-0.1, -0.05) is 26.7 Å². The van der Waals surface area contributed by atoms with Crippen molar-refractivity contribution in [3.05, 3.63) is 23.8 Å². The van der Waals surface area contributed by atoms with Gasteiger partial charge >= 0.3 is 0 Å². The molecule has 1 rings (SSSR count). The van der Waals surface area contributed by atoms with E-state index in [1.165, 1.54) is 0 Å². The Balaban J connectivity index is 2.70. The topological polar surface area (TPSA) is 42.2 Å². The van der Waals surface area contributed by atoms with Crippen LogP contribution in [0.4, 0.5) is 0 Å². The zero-order valence-corrected chi connectivity index (χ0v) is 11.2. The second kappa shape index (κ2) is 8.41. The SMILES string of the molecule is CCCCOc1ccc(C#N)cc1OCCCC. The van der Waals surface area contributed by atoms with Crippen LogP contribution in [0.15, 0.2) is 18.2 Å². The van der Waals surface area contributed by atoms with Crippen molar-refractivity contribution < 1.29 is 9.47 Å². The minimum Gasteiger partial charge on any atom is -0.490 e. The van der Waals surface area contributed by atoms with E-state index in [0.29, 0.717) is 24.5 Å². The zero-order chi connectivity index (χ0) is 13.2. The Bertz CT molecular complexity index is 396. The molecule has 0 N–H and O–H groups in total. The number of nitriles is 1. The van der Waals surface area contributed by atoms with Gasteiger partial charge in [0.25, 0.3) is 0 Å². The van der Waals surface area contributed by atoms with E-state index in [4.69, 9.17) is 14.7 Å². The molecule has 1 aromatic rings. The van der Waals surface area contributed by atoms with Crippen molar-refractivity contribution >= 4 is 0 Å². The van der Waals surface area contributed by atoms with Gasteiger partial charge in [-0.2, -0.15) is 5.26 Å². The van der Waals surface area contributed by atoms with Gasteiger partial charge in [0.15, 0.2) is 11.5 Å². The number of hydrogen-bond donors (Lipinski definition) is 0. The maximum Gasteiger partial charge on any atom is 0.162 e. The summed E-state index contributed by atoms with van der Waals surface area (Å²) >= 11 is 0. The fourth-order valence-corrected chi connectivity index (χ4v) is 1.46. The molecule has 0 fully saturated rings. The Kier molecular flexibility index (Phi) is 6.71. The number of nitrogens with zero attached hydrogens (tertiary/aromatic N) is 1. The molecule has 0 spiro atoms. The molecule has 18 heavy (non-hydrogen) atoms. The Hall–Kier alpha value is -1.69. The molecule has 98 valence electrons. The second-order valence-corrected chi connectivity index (χ2v) is 4.18. The Morgan fingerprint density at radius 3 is 2.17 bits per heavy atom. The summed E-state index contributed by atoms with van der Waals surface area (Å²) in [7, 11) is 0. The summed E-state index contributed by atoms with van der Waals surface area (Å²) in [4.78, 5) is 0. The molecular weight excluding hydrogens is 226 g/mol. The highest BCUT2D eigenvalue weighted by Crippen LogP contribution is 2.28. The van der Waals surface area contributed by atoms with Gasteiger partial charge in [0.2, 0.25) is 0 Å². The molecular formula is C15H21NO2. The first-order chi connectivity index (χ1) is 8.81. The van der Waals surface area contributed by atoms with Crippen molar-refractivity contribution in [3.8, 4) is 17.6 Å². The Morgan fingerprint density at radius 2 is 1.61 bits per heavy atom. The average Bonchev–Trinajstić information content (AvgIpc) is 2.40. The maximum absolute atomic E-state index is 8.89. The first-order valence-electron chi connectivity index (χ1n) is 6.61. The average molecular weight is 247 g/mol. The minimum atomic E-state index is 0.601. The van der Waals surface area contributed by atoms with Crippen molar-refractivity contribution in [2.45, 2.75) is 39.5 Å². The second-order valence-electron chi connectivity index (χ2n) is 4.18. The van der Waals surface area contributed by atoms with E-state index in [-0.39, 0.29) is 0 Å². The normalized spacial score (nSPS) is 9.83. The summed E-state index contributed by atoms with van der Waals surface area (Å²) < 4.78 is 11.3. The van der Waals surface area contributed by atoms with Crippen molar-refractivity contribution in [1.82, 2.24) is 0 Å². The Labute approximate surface area is 109 Å². The van der Waals surface area contributed by atoms with Crippen LogP contribution in [-0.4, -0.2) is 13.2 Å². The first kappa shape index (κ1) is 14.4. The van der Waals surface area contributed by atoms with Crippen molar-refractivity contribution in [2.24, 2.45) is 0 Å². The highest BCUT2D eigenvalue weighted by molar-refractivity contribution is 5.46. The summed E-state index contributed by atoms with van der Waals surface area (Å²) in [6.07, 6.45) is 4.21. The highest BCUT2D eigenvalue weighted by Gasteiger charge is 2.06. The van der Waals surface area contributed by atoms with Crippen LogP contribution in [0.1, 0.15) is 45.1 Å². The lowest BCUT2D eigenvalue weighted by atomic mass is 10.2. The van der Waals surface area contributed by atoms with Gasteiger partial charge in [0, 0.05) is 6.07 Å². The molecule has 0 amide bonds. The molecule has 0 aliphatic carbocycles. The summed E-state index contributed by atoms with van der Waals surface area (Å²) in [5.74, 6) is 1.41. The smallest absolute Gasteiger partial charge is 0.162 e. The van der Waals surface area contributed by atoms with E-state index in [2.05, 4.69) is 19.9 Å². The van der Waals surface area contributed by atoms with E-state index in [1.54, 1.807) is 12.1 Å². The van der Waals surface area contributed by atoms with Crippen LogP contribution in [0, 0.1) is 11.3 Å². The molecule has 3 nitrogen and oxygen atoms in total. The van der Waals surface area contributed by atoms with Gasteiger partial charge in [0.1, 0.15) is 0 Å². The molecule has 0 radical (unpaired) electrons. The van der Waals surface area contributed by atoms with Crippen LogP contribution in [0.3, 0.4) is 0 Å². The van der Waals surface area contributed by atoms with Crippen molar-refractivity contribution in [2.75, 3.05) is 13.2 Å². The summed E-state index contributed by atoms with van der Waals surface area (Å²) in [6, 6.07) is 7.44. The third-order valence-electron chi connectivity index (χ3n) is 2.58. The lowest BCUT2D eigenvalue weighted by molar-refractivity contribution is 0.262. The standard InChI is InChI=1S/C15H21NO2/c1-3-5-9-17-14-8-7-13(12-16)11-15(14)18-10-6-4-2/h7-8,11H,3-6,9-10H2,1-2H3. The first-order valence-corrected chi connectivity index (χ1v) is 6.61. The van der Waals surface area contributed by atoms with E-state index in [9.17, 15) is 0 Å². The van der Waals surface area contributed by atoms with E-state index < -0.39 is 0 Å². The molecule has 3 heteroatoms. The van der Waals surface area contributed by atoms with Gasteiger partial charge in [-0.25, -0.2) is 0 Å². The zero-order valence-electron chi connectivity index (χ0n) is 11.2. The fraction of sp³-hybridized carbons (Fsp3) is 0.533. The molecule has 0 atom stereocenters. The number of rotatable bonds is 8. The quantitative estimate of drug-likeness (QED) is 0.654. The molecule has 0 aliphatic rings. The molecule has 0 saturated heterocycles. The number of ether oxygens (including phenoxy) is 2. The van der Waals surface area contributed by atoms with Crippen LogP contribution in [0.5, 0.6) is 11.5 Å². The monoisotopic (exact) mass is 247 g/mol. The largest absolute Gasteiger partial charge is 0.490 e. The molecule has 1 aromatic carbocycles. The predicted molar refractivity (Wildman–Crippen MR) is 72.0 cm³/mol. The lowest BCUT2D eigenvalue weighted by Crippen LogP contribution is -2.02. The molecule has 0 bridgehead atoms. The summed E-state index contributed by atoms with van der Waals surface area (Å²) in [5.41, 5.74) is 0.601. The molecule has 0 saturated carbocycles. The number of benzene rings is 1.